The molecule has 0 unspecified atom stereocenters. The third-order valence-corrected chi connectivity index (χ3v) is 3.52. The molecule has 3 aromatic rings. The molecule has 1 N–H and O–H groups in total. The summed E-state index contributed by atoms with van der Waals surface area (Å²) in [6.45, 7) is 4.22. The molecule has 0 atom stereocenters. The van der Waals surface area contributed by atoms with Gasteiger partial charge in [-0.05, 0) is 55.4 Å². The number of fused-ring (bicyclic) bond motifs is 1. The van der Waals surface area contributed by atoms with E-state index in [-0.39, 0.29) is 0 Å². The van der Waals surface area contributed by atoms with Gasteiger partial charge in [-0.3, -0.25) is 9.55 Å². The summed E-state index contributed by atoms with van der Waals surface area (Å²) in [6.07, 6.45) is 3.57. The van der Waals surface area contributed by atoms with Crippen LogP contribution in [0.1, 0.15) is 11.1 Å². The molecule has 0 aliphatic carbocycles. The van der Waals surface area contributed by atoms with E-state index in [1.807, 2.05) is 10.6 Å². The van der Waals surface area contributed by atoms with Crippen molar-refractivity contribution in [1.29, 1.82) is 0 Å². The number of aromatic nitrogens is 3. The van der Waals surface area contributed by atoms with Crippen molar-refractivity contribution in [2.75, 3.05) is 0 Å². The lowest BCUT2D eigenvalue weighted by molar-refractivity contribution is 1.06. The standard InChI is InChI=1S/C14H13N3S/c1-9-3-4-11(7-10(9)2)17-13-5-6-15-8-12(13)16-14(17)18/h3-8H,1-2H3,(H,16,18). The first-order chi connectivity index (χ1) is 8.66. The summed E-state index contributed by atoms with van der Waals surface area (Å²) in [6, 6.07) is 8.33. The molecule has 0 radical (unpaired) electrons. The SMILES string of the molecule is Cc1ccc(-n2c(=S)[nH]c3cnccc32)cc1C. The lowest BCUT2D eigenvalue weighted by Crippen LogP contribution is -1.95. The number of rotatable bonds is 1. The van der Waals surface area contributed by atoms with Crippen LogP contribution in [0.4, 0.5) is 0 Å². The van der Waals surface area contributed by atoms with E-state index >= 15 is 0 Å². The molecular formula is C14H13N3S. The fraction of sp³-hybridized carbons (Fsp3) is 0.143. The Balaban J connectivity index is 2.34. The van der Waals surface area contributed by atoms with Crippen LogP contribution in [0.3, 0.4) is 0 Å². The Morgan fingerprint density at radius 3 is 2.78 bits per heavy atom. The number of nitrogens with zero attached hydrogens (tertiary/aromatic N) is 2. The fourth-order valence-electron chi connectivity index (χ4n) is 2.08. The number of benzene rings is 1. The van der Waals surface area contributed by atoms with Gasteiger partial charge in [0.25, 0.3) is 0 Å². The number of hydrogen-bond donors (Lipinski definition) is 1. The fourth-order valence-corrected chi connectivity index (χ4v) is 2.39. The van der Waals surface area contributed by atoms with Crippen molar-refractivity contribution in [3.05, 3.63) is 52.6 Å². The number of pyridine rings is 1. The Bertz CT molecular complexity index is 783. The number of aryl methyl sites for hydroxylation is 2. The molecule has 90 valence electrons. The van der Waals surface area contributed by atoms with Crippen molar-refractivity contribution >= 4 is 23.3 Å². The number of nitrogens with one attached hydrogen (secondary N) is 1. The average Bonchev–Trinajstić information content (AvgIpc) is 2.69. The third-order valence-electron chi connectivity index (χ3n) is 3.23. The van der Waals surface area contributed by atoms with Crippen LogP contribution in [-0.4, -0.2) is 14.5 Å². The highest BCUT2D eigenvalue weighted by molar-refractivity contribution is 7.71. The molecule has 2 heterocycles. The van der Waals surface area contributed by atoms with Crippen LogP contribution >= 0.6 is 12.2 Å². The Labute approximate surface area is 110 Å². The van der Waals surface area contributed by atoms with Gasteiger partial charge >= 0.3 is 0 Å². The highest BCUT2D eigenvalue weighted by Gasteiger charge is 2.06. The van der Waals surface area contributed by atoms with Gasteiger partial charge in [-0.15, -0.1) is 0 Å². The molecule has 18 heavy (non-hydrogen) atoms. The van der Waals surface area contributed by atoms with Gasteiger partial charge in [0.1, 0.15) is 0 Å². The molecule has 4 heteroatoms. The molecule has 0 saturated heterocycles. The smallest absolute Gasteiger partial charge is 0.182 e. The predicted molar refractivity (Wildman–Crippen MR) is 75.7 cm³/mol. The summed E-state index contributed by atoms with van der Waals surface area (Å²) in [5, 5.41) is 0. The van der Waals surface area contributed by atoms with Gasteiger partial charge in [0.05, 0.1) is 17.2 Å². The first kappa shape index (κ1) is 11.2. The van der Waals surface area contributed by atoms with Crippen LogP contribution in [0.15, 0.2) is 36.7 Å². The van der Waals surface area contributed by atoms with Crippen LogP contribution in [0.2, 0.25) is 0 Å². The van der Waals surface area contributed by atoms with Gasteiger partial charge in [-0.25, -0.2) is 0 Å². The monoisotopic (exact) mass is 255 g/mol. The largest absolute Gasteiger partial charge is 0.329 e. The number of imidazole rings is 1. The zero-order valence-corrected chi connectivity index (χ0v) is 11.1. The minimum Gasteiger partial charge on any atom is -0.329 e. The van der Waals surface area contributed by atoms with E-state index < -0.39 is 0 Å². The molecular weight excluding hydrogens is 242 g/mol. The third kappa shape index (κ3) is 1.66. The van der Waals surface area contributed by atoms with Crippen molar-refractivity contribution in [2.24, 2.45) is 0 Å². The molecule has 0 aliphatic heterocycles. The van der Waals surface area contributed by atoms with Crippen molar-refractivity contribution in [3.63, 3.8) is 0 Å². The summed E-state index contributed by atoms with van der Waals surface area (Å²) >= 11 is 5.39. The van der Waals surface area contributed by atoms with Crippen LogP contribution in [-0.2, 0) is 0 Å². The molecule has 1 aromatic carbocycles. The highest BCUT2D eigenvalue weighted by atomic mass is 32.1. The molecule has 3 rings (SSSR count). The number of H-pyrrole nitrogens is 1. The molecule has 0 saturated carbocycles. The van der Waals surface area contributed by atoms with Gasteiger partial charge in [0.15, 0.2) is 4.77 Å². The second-order valence-corrected chi connectivity index (χ2v) is 4.81. The van der Waals surface area contributed by atoms with Crippen molar-refractivity contribution < 1.29 is 0 Å². The van der Waals surface area contributed by atoms with Crippen molar-refractivity contribution in [2.45, 2.75) is 13.8 Å². The van der Waals surface area contributed by atoms with Crippen LogP contribution in [0, 0.1) is 18.6 Å². The summed E-state index contributed by atoms with van der Waals surface area (Å²) in [5.74, 6) is 0. The minimum absolute atomic E-state index is 0.696. The quantitative estimate of drug-likeness (QED) is 0.673. The Morgan fingerprint density at radius 2 is 2.00 bits per heavy atom. The zero-order valence-electron chi connectivity index (χ0n) is 10.3. The molecule has 0 aliphatic rings. The first-order valence-electron chi connectivity index (χ1n) is 5.79. The second kappa shape index (κ2) is 4.07. The Morgan fingerprint density at radius 1 is 1.17 bits per heavy atom. The summed E-state index contributed by atoms with van der Waals surface area (Å²) < 4.78 is 2.74. The Kier molecular flexibility index (Phi) is 2.52. The molecule has 2 aromatic heterocycles. The summed E-state index contributed by atoms with van der Waals surface area (Å²) in [4.78, 5) is 7.28. The van der Waals surface area contributed by atoms with Crippen LogP contribution in [0.5, 0.6) is 0 Å². The second-order valence-electron chi connectivity index (χ2n) is 4.43. The molecule has 0 bridgehead atoms. The molecule has 0 amide bonds. The molecule has 0 fully saturated rings. The summed E-state index contributed by atoms with van der Waals surface area (Å²) in [7, 11) is 0. The van der Waals surface area contributed by atoms with E-state index in [1.54, 1.807) is 12.4 Å². The van der Waals surface area contributed by atoms with E-state index in [1.165, 1.54) is 11.1 Å². The zero-order chi connectivity index (χ0) is 12.7. The lowest BCUT2D eigenvalue weighted by Gasteiger charge is -2.07. The average molecular weight is 255 g/mol. The maximum absolute atomic E-state index is 5.39. The number of hydrogen-bond acceptors (Lipinski definition) is 2. The Hall–Kier alpha value is -1.94. The van der Waals surface area contributed by atoms with Crippen LogP contribution < -0.4 is 0 Å². The van der Waals surface area contributed by atoms with Crippen LogP contribution in [0.25, 0.3) is 16.7 Å². The topological polar surface area (TPSA) is 33.6 Å². The highest BCUT2D eigenvalue weighted by Crippen LogP contribution is 2.20. The molecule has 0 spiro atoms. The summed E-state index contributed by atoms with van der Waals surface area (Å²) in [5.41, 5.74) is 5.64. The maximum Gasteiger partial charge on any atom is 0.182 e. The van der Waals surface area contributed by atoms with E-state index in [4.69, 9.17) is 12.2 Å². The first-order valence-corrected chi connectivity index (χ1v) is 6.20. The van der Waals surface area contributed by atoms with E-state index in [0.717, 1.165) is 16.7 Å². The van der Waals surface area contributed by atoms with E-state index in [9.17, 15) is 0 Å². The van der Waals surface area contributed by atoms with Gasteiger partial charge in [0.2, 0.25) is 0 Å². The van der Waals surface area contributed by atoms with Gasteiger partial charge in [0, 0.05) is 11.9 Å². The lowest BCUT2D eigenvalue weighted by atomic mass is 10.1. The molecule has 3 nitrogen and oxygen atoms in total. The maximum atomic E-state index is 5.39. The van der Waals surface area contributed by atoms with Gasteiger partial charge in [-0.2, -0.15) is 0 Å². The van der Waals surface area contributed by atoms with Gasteiger partial charge < -0.3 is 4.98 Å². The van der Waals surface area contributed by atoms with Crippen molar-refractivity contribution in [3.8, 4) is 5.69 Å². The normalized spacial score (nSPS) is 11.0. The van der Waals surface area contributed by atoms with E-state index in [2.05, 4.69) is 42.0 Å². The van der Waals surface area contributed by atoms with Gasteiger partial charge in [-0.1, -0.05) is 6.07 Å². The predicted octanol–water partition coefficient (Wildman–Crippen LogP) is 3.70. The minimum atomic E-state index is 0.696. The van der Waals surface area contributed by atoms with Crippen molar-refractivity contribution in [1.82, 2.24) is 14.5 Å². The van der Waals surface area contributed by atoms with E-state index in [0.29, 0.717) is 4.77 Å². The number of aromatic amines is 1.